The average molecular weight is 404 g/mol. The fourth-order valence-electron chi connectivity index (χ4n) is 3.56. The molecule has 0 radical (unpaired) electrons. The van der Waals surface area contributed by atoms with Crippen molar-refractivity contribution in [2.24, 2.45) is 5.92 Å². The van der Waals surface area contributed by atoms with E-state index in [4.69, 9.17) is 0 Å². The Bertz CT molecular complexity index is 818. The van der Waals surface area contributed by atoms with Crippen molar-refractivity contribution in [2.75, 3.05) is 13.1 Å². The van der Waals surface area contributed by atoms with E-state index < -0.39 is 12.1 Å². The quantitative estimate of drug-likeness (QED) is 0.631. The van der Waals surface area contributed by atoms with Crippen LogP contribution in [0, 0.1) is 5.92 Å². The molecule has 1 atom stereocenters. The molecule has 3 heterocycles. The van der Waals surface area contributed by atoms with Gasteiger partial charge < -0.3 is 15.5 Å². The summed E-state index contributed by atoms with van der Waals surface area (Å²) in [5.41, 5.74) is 1.63. The zero-order valence-electron chi connectivity index (χ0n) is 17.1. The molecule has 5 amide bonds. The van der Waals surface area contributed by atoms with Crippen molar-refractivity contribution in [1.29, 1.82) is 0 Å². The molecule has 1 saturated heterocycles. The van der Waals surface area contributed by atoms with E-state index in [9.17, 15) is 19.2 Å². The Hall–Kier alpha value is -2.91. The molecule has 0 saturated carbocycles. The number of carbonyl (C=O) groups excluding carboxylic acids is 4. The van der Waals surface area contributed by atoms with Gasteiger partial charge in [-0.3, -0.25) is 24.0 Å². The molecule has 2 N–H and O–H groups in total. The smallest absolute Gasteiger partial charge is 0.324 e. The number of fused-ring (bicyclic) bond motifs is 1. The lowest BCUT2D eigenvalue weighted by molar-refractivity contribution is -0.136. The van der Waals surface area contributed by atoms with Crippen molar-refractivity contribution in [3.8, 4) is 0 Å². The van der Waals surface area contributed by atoms with Crippen LogP contribution in [0.2, 0.25) is 0 Å². The first-order valence-corrected chi connectivity index (χ1v) is 10.0. The number of nitrogens with zero attached hydrogens (tertiary/aromatic N) is 4. The molecule has 29 heavy (non-hydrogen) atoms. The molecule has 0 bridgehead atoms. The summed E-state index contributed by atoms with van der Waals surface area (Å²) in [5, 5.41) is 9.78. The molecule has 0 aliphatic carbocycles. The zero-order valence-corrected chi connectivity index (χ0v) is 17.1. The highest BCUT2D eigenvalue weighted by Crippen LogP contribution is 2.16. The summed E-state index contributed by atoms with van der Waals surface area (Å²) in [6, 6.07) is 0.614. The van der Waals surface area contributed by atoms with Crippen LogP contribution in [0.4, 0.5) is 4.79 Å². The lowest BCUT2D eigenvalue weighted by Gasteiger charge is -2.29. The van der Waals surface area contributed by atoms with Crippen LogP contribution in [0.25, 0.3) is 0 Å². The van der Waals surface area contributed by atoms with E-state index in [1.807, 2.05) is 36.4 Å². The second-order valence-electron chi connectivity index (χ2n) is 7.74. The molecule has 1 aromatic rings. The zero-order chi connectivity index (χ0) is 21.1. The molecular weight excluding hydrogens is 376 g/mol. The summed E-state index contributed by atoms with van der Waals surface area (Å²) in [6.07, 6.45) is 0.568. The molecule has 1 fully saturated rings. The lowest BCUT2D eigenvalue weighted by Crippen LogP contribution is -2.40. The predicted molar refractivity (Wildman–Crippen MR) is 103 cm³/mol. The van der Waals surface area contributed by atoms with Gasteiger partial charge in [-0.25, -0.2) is 4.79 Å². The Balaban J connectivity index is 1.51. The van der Waals surface area contributed by atoms with Crippen LogP contribution in [-0.4, -0.2) is 62.5 Å². The summed E-state index contributed by atoms with van der Waals surface area (Å²) in [5.74, 6) is -0.619. The van der Waals surface area contributed by atoms with Gasteiger partial charge in [0.25, 0.3) is 5.91 Å². The number of imide groups is 1. The first-order chi connectivity index (χ1) is 13.8. The Kier molecular flexibility index (Phi) is 6.19. The van der Waals surface area contributed by atoms with Gasteiger partial charge in [-0.1, -0.05) is 20.8 Å². The third-order valence-corrected chi connectivity index (χ3v) is 5.06. The Morgan fingerprint density at radius 3 is 2.76 bits per heavy atom. The number of rotatable bonds is 7. The van der Waals surface area contributed by atoms with Crippen molar-refractivity contribution in [3.05, 3.63) is 17.5 Å². The minimum atomic E-state index is -0.820. The van der Waals surface area contributed by atoms with Gasteiger partial charge in [-0.05, 0) is 12.5 Å². The first-order valence-electron chi connectivity index (χ1n) is 10.0. The molecule has 0 aromatic carbocycles. The number of aromatic nitrogens is 2. The molecule has 1 unspecified atom stereocenters. The fraction of sp³-hybridized carbons (Fsp3) is 0.632. The Morgan fingerprint density at radius 2 is 2.07 bits per heavy atom. The molecule has 10 heteroatoms. The largest absolute Gasteiger partial charge is 0.350 e. The van der Waals surface area contributed by atoms with E-state index in [1.165, 1.54) is 0 Å². The topological polar surface area (TPSA) is 117 Å². The summed E-state index contributed by atoms with van der Waals surface area (Å²) in [4.78, 5) is 51.4. The molecule has 0 spiro atoms. The minimum absolute atomic E-state index is 0.0460. The number of carbonyl (C=O) groups is 4. The first kappa shape index (κ1) is 20.8. The number of amides is 5. The molecular formula is C19H28N6O4. The molecule has 2 aliphatic rings. The van der Waals surface area contributed by atoms with E-state index in [2.05, 4.69) is 15.7 Å². The van der Waals surface area contributed by atoms with Crippen molar-refractivity contribution in [2.45, 2.75) is 59.3 Å². The van der Waals surface area contributed by atoms with Gasteiger partial charge in [-0.15, -0.1) is 0 Å². The number of hydrogen-bond donors (Lipinski definition) is 2. The van der Waals surface area contributed by atoms with E-state index in [0.29, 0.717) is 38.3 Å². The second-order valence-corrected chi connectivity index (χ2v) is 7.74. The van der Waals surface area contributed by atoms with Gasteiger partial charge in [0.05, 0.1) is 37.4 Å². The fourth-order valence-corrected chi connectivity index (χ4v) is 3.56. The maximum atomic E-state index is 12.2. The van der Waals surface area contributed by atoms with Crippen LogP contribution in [0.15, 0.2) is 6.07 Å². The molecule has 1 aromatic heterocycles. The van der Waals surface area contributed by atoms with Gasteiger partial charge in [0, 0.05) is 19.0 Å². The predicted octanol–water partition coefficient (Wildman–Crippen LogP) is 0.218. The van der Waals surface area contributed by atoms with Crippen LogP contribution in [0.3, 0.4) is 0 Å². The summed E-state index contributed by atoms with van der Waals surface area (Å²) >= 11 is 0. The summed E-state index contributed by atoms with van der Waals surface area (Å²) in [6.45, 7) is 7.97. The van der Waals surface area contributed by atoms with Crippen molar-refractivity contribution in [1.82, 2.24) is 30.2 Å². The standard InChI is InChI=1S/C19H28N6O4/c1-4-5-24-18(28)15(21-19(24)29)9-16(26)20-10-13-8-14-11-23(17(27)12(2)3)6-7-25(14)22-13/h8,12,15H,4-7,9-11H2,1-3H3,(H,20,26)(H,21,29). The van der Waals surface area contributed by atoms with Gasteiger partial charge in [0.15, 0.2) is 0 Å². The SMILES string of the molecule is CCCN1C(=O)NC(CC(=O)NCc2cc3n(n2)CCN(C(=O)C(C)C)C3)C1=O. The van der Waals surface area contributed by atoms with Gasteiger partial charge in [-0.2, -0.15) is 5.10 Å². The van der Waals surface area contributed by atoms with Crippen LogP contribution in [0.5, 0.6) is 0 Å². The van der Waals surface area contributed by atoms with Crippen LogP contribution < -0.4 is 10.6 Å². The normalized spacial score (nSPS) is 18.8. The average Bonchev–Trinajstić information content (AvgIpc) is 3.21. The lowest BCUT2D eigenvalue weighted by atomic mass is 10.1. The van der Waals surface area contributed by atoms with E-state index in [1.54, 1.807) is 0 Å². The van der Waals surface area contributed by atoms with Crippen molar-refractivity contribution in [3.63, 3.8) is 0 Å². The summed E-state index contributed by atoms with van der Waals surface area (Å²) < 4.78 is 1.86. The highest BCUT2D eigenvalue weighted by Gasteiger charge is 2.38. The molecule has 158 valence electrons. The maximum Gasteiger partial charge on any atom is 0.324 e. The third kappa shape index (κ3) is 4.57. The van der Waals surface area contributed by atoms with Crippen molar-refractivity contribution >= 4 is 23.8 Å². The minimum Gasteiger partial charge on any atom is -0.350 e. The van der Waals surface area contributed by atoms with E-state index in [-0.39, 0.29) is 36.6 Å². The van der Waals surface area contributed by atoms with Gasteiger partial charge >= 0.3 is 6.03 Å². The van der Waals surface area contributed by atoms with Crippen LogP contribution in [-0.2, 0) is 34.0 Å². The van der Waals surface area contributed by atoms with Crippen molar-refractivity contribution < 1.29 is 19.2 Å². The van der Waals surface area contributed by atoms with Gasteiger partial charge in [0.1, 0.15) is 6.04 Å². The number of nitrogens with one attached hydrogen (secondary N) is 2. The highest BCUT2D eigenvalue weighted by molar-refractivity contribution is 6.05. The highest BCUT2D eigenvalue weighted by atomic mass is 16.2. The third-order valence-electron chi connectivity index (χ3n) is 5.06. The maximum absolute atomic E-state index is 12.2. The molecule has 2 aliphatic heterocycles. The Labute approximate surface area is 169 Å². The molecule has 10 nitrogen and oxygen atoms in total. The summed E-state index contributed by atoms with van der Waals surface area (Å²) in [7, 11) is 0. The monoisotopic (exact) mass is 404 g/mol. The van der Waals surface area contributed by atoms with Crippen LogP contribution in [0.1, 0.15) is 45.0 Å². The second kappa shape index (κ2) is 8.62. The van der Waals surface area contributed by atoms with E-state index >= 15 is 0 Å². The van der Waals surface area contributed by atoms with Gasteiger partial charge in [0.2, 0.25) is 11.8 Å². The van der Waals surface area contributed by atoms with E-state index in [0.717, 1.165) is 10.6 Å². The number of hydrogen-bond acceptors (Lipinski definition) is 5. The number of urea groups is 1. The van der Waals surface area contributed by atoms with Crippen LogP contribution >= 0.6 is 0 Å². The Morgan fingerprint density at radius 1 is 1.31 bits per heavy atom. The molecule has 3 rings (SSSR count).